The van der Waals surface area contributed by atoms with Crippen molar-refractivity contribution in [2.45, 2.75) is 44.6 Å². The molecule has 5 rings (SSSR count). The molecule has 1 N–H and O–H groups in total. The fraction of sp³-hybridized carbons (Fsp3) is 0.500. The minimum atomic E-state index is -0.978. The molecule has 0 radical (unpaired) electrons. The Morgan fingerprint density at radius 2 is 2.14 bits per heavy atom. The van der Waals surface area contributed by atoms with Crippen molar-refractivity contribution < 1.29 is 14.6 Å². The average molecular weight is 286 g/mol. The lowest BCUT2D eigenvalue weighted by atomic mass is 9.43. The van der Waals surface area contributed by atoms with Crippen molar-refractivity contribution in [2.75, 3.05) is 0 Å². The highest BCUT2D eigenvalue weighted by atomic mass is 16.5. The largest absolute Gasteiger partial charge is 0.490 e. The van der Waals surface area contributed by atoms with Crippen LogP contribution in [0, 0.1) is 5.92 Å². The van der Waals surface area contributed by atoms with Crippen LogP contribution in [0.25, 0.3) is 5.65 Å². The quantitative estimate of drug-likeness (QED) is 0.938. The molecular formula is C16H18N2O3. The fourth-order valence-corrected chi connectivity index (χ4v) is 3.58. The summed E-state index contributed by atoms with van der Waals surface area (Å²) in [6, 6.07) is 1.73. The van der Waals surface area contributed by atoms with Crippen LogP contribution in [-0.2, 0) is 5.41 Å². The fourth-order valence-electron chi connectivity index (χ4n) is 3.58. The van der Waals surface area contributed by atoms with Gasteiger partial charge in [0.1, 0.15) is 17.0 Å². The lowest BCUT2D eigenvalue weighted by molar-refractivity contribution is -0.0304. The van der Waals surface area contributed by atoms with Gasteiger partial charge >= 0.3 is 5.97 Å². The molecule has 2 aromatic heterocycles. The molecule has 0 unspecified atom stereocenters. The van der Waals surface area contributed by atoms with Gasteiger partial charge < -0.3 is 14.2 Å². The van der Waals surface area contributed by atoms with E-state index in [2.05, 4.69) is 0 Å². The summed E-state index contributed by atoms with van der Waals surface area (Å²) in [7, 11) is 0. The maximum Gasteiger partial charge on any atom is 0.341 e. The highest BCUT2D eigenvalue weighted by Crippen LogP contribution is 2.64. The van der Waals surface area contributed by atoms with Crippen LogP contribution in [0.1, 0.15) is 49.2 Å². The van der Waals surface area contributed by atoms with Gasteiger partial charge in [-0.25, -0.2) is 9.78 Å². The van der Waals surface area contributed by atoms with E-state index >= 15 is 0 Å². The van der Waals surface area contributed by atoms with Gasteiger partial charge in [0.05, 0.1) is 11.8 Å². The Hall–Kier alpha value is -2.04. The van der Waals surface area contributed by atoms with Crippen LogP contribution in [0.4, 0.5) is 0 Å². The molecule has 21 heavy (non-hydrogen) atoms. The smallest absolute Gasteiger partial charge is 0.341 e. The summed E-state index contributed by atoms with van der Waals surface area (Å²) in [5, 5.41) is 9.36. The molecule has 0 aliphatic heterocycles. The van der Waals surface area contributed by atoms with Crippen LogP contribution in [0.2, 0.25) is 0 Å². The van der Waals surface area contributed by atoms with Crippen LogP contribution in [-0.4, -0.2) is 26.6 Å². The number of pyridine rings is 1. The van der Waals surface area contributed by atoms with E-state index in [-0.39, 0.29) is 17.1 Å². The van der Waals surface area contributed by atoms with Crippen LogP contribution in [0.3, 0.4) is 0 Å². The Morgan fingerprint density at radius 3 is 2.67 bits per heavy atom. The molecule has 0 atom stereocenters. The van der Waals surface area contributed by atoms with E-state index in [4.69, 9.17) is 9.72 Å². The number of carbonyl (C=O) groups is 1. The molecule has 3 aliphatic carbocycles. The van der Waals surface area contributed by atoms with Gasteiger partial charge in [-0.3, -0.25) is 0 Å². The van der Waals surface area contributed by atoms with Gasteiger partial charge in [0.25, 0.3) is 0 Å². The number of rotatable bonds is 4. The lowest BCUT2D eigenvalue weighted by Gasteiger charge is -2.61. The molecule has 0 aromatic carbocycles. The summed E-state index contributed by atoms with van der Waals surface area (Å²) in [5.41, 5.74) is 2.32. The van der Waals surface area contributed by atoms with Crippen molar-refractivity contribution in [3.63, 3.8) is 0 Å². The molecule has 0 spiro atoms. The van der Waals surface area contributed by atoms with E-state index in [0.717, 1.165) is 17.3 Å². The van der Waals surface area contributed by atoms with Crippen LogP contribution < -0.4 is 4.74 Å². The van der Waals surface area contributed by atoms with E-state index in [0.29, 0.717) is 5.75 Å². The van der Waals surface area contributed by atoms with Crippen molar-refractivity contribution in [1.29, 1.82) is 0 Å². The van der Waals surface area contributed by atoms with Gasteiger partial charge in [0.2, 0.25) is 0 Å². The standard InChI is InChI=1S/C16H18N2O3/c1-9(2)21-12-3-14-17-13(16-4-10(5-16)6-16)8-18(14)7-11(12)15(19)20/h3,7-10H,4-6H2,1-2H3,(H,19,20). The Morgan fingerprint density at radius 1 is 1.43 bits per heavy atom. The third-order valence-electron chi connectivity index (χ3n) is 4.73. The number of hydrogen-bond acceptors (Lipinski definition) is 3. The normalized spacial score (nSPS) is 26.5. The molecule has 5 heteroatoms. The van der Waals surface area contributed by atoms with Gasteiger partial charge in [-0.1, -0.05) is 0 Å². The summed E-state index contributed by atoms with van der Waals surface area (Å²) in [6.45, 7) is 3.77. The van der Waals surface area contributed by atoms with Crippen molar-refractivity contribution in [2.24, 2.45) is 5.92 Å². The third kappa shape index (κ3) is 1.76. The zero-order chi connectivity index (χ0) is 14.8. The minimum absolute atomic E-state index is 0.0717. The minimum Gasteiger partial charge on any atom is -0.490 e. The molecule has 110 valence electrons. The third-order valence-corrected chi connectivity index (χ3v) is 4.73. The summed E-state index contributed by atoms with van der Waals surface area (Å²) in [5.74, 6) is 0.303. The van der Waals surface area contributed by atoms with E-state index in [1.54, 1.807) is 12.3 Å². The van der Waals surface area contributed by atoms with Crippen LogP contribution >= 0.6 is 0 Å². The van der Waals surface area contributed by atoms with Crippen LogP contribution in [0.5, 0.6) is 5.75 Å². The number of carboxylic acid groups (broad SMARTS) is 1. The second-order valence-corrected chi connectivity index (χ2v) is 6.67. The number of nitrogens with zero attached hydrogens (tertiary/aromatic N) is 2. The van der Waals surface area contributed by atoms with Crippen LogP contribution in [0.15, 0.2) is 18.5 Å². The maximum atomic E-state index is 11.4. The molecule has 2 bridgehead atoms. The second-order valence-electron chi connectivity index (χ2n) is 6.67. The molecule has 0 saturated heterocycles. The Balaban J connectivity index is 1.81. The van der Waals surface area contributed by atoms with Gasteiger partial charge in [0, 0.05) is 23.9 Å². The number of aromatic nitrogens is 2. The average Bonchev–Trinajstić information content (AvgIpc) is 2.64. The number of fused-ring (bicyclic) bond motifs is 1. The van der Waals surface area contributed by atoms with Crippen molar-refractivity contribution in [3.8, 4) is 5.75 Å². The predicted molar refractivity (Wildman–Crippen MR) is 76.9 cm³/mol. The van der Waals surface area contributed by atoms with E-state index < -0.39 is 5.97 Å². The number of aromatic carboxylic acids is 1. The van der Waals surface area contributed by atoms with Gasteiger partial charge in [-0.05, 0) is 39.0 Å². The SMILES string of the molecule is CC(C)Oc1cc2nc(C34CC(C3)C4)cn2cc1C(=O)O. The monoisotopic (exact) mass is 286 g/mol. The number of ether oxygens (including phenoxy) is 1. The lowest BCUT2D eigenvalue weighted by Crippen LogP contribution is -2.55. The molecule has 0 amide bonds. The first-order valence-corrected chi connectivity index (χ1v) is 7.40. The van der Waals surface area contributed by atoms with E-state index in [1.807, 2.05) is 24.4 Å². The first kappa shape index (κ1) is 12.7. The van der Waals surface area contributed by atoms with Crippen molar-refractivity contribution in [1.82, 2.24) is 9.38 Å². The van der Waals surface area contributed by atoms with Gasteiger partial charge in [0.15, 0.2) is 0 Å². The second kappa shape index (κ2) is 4.00. The number of hydrogen-bond donors (Lipinski definition) is 1. The Labute approximate surface area is 122 Å². The molecule has 3 saturated carbocycles. The molecule has 3 fully saturated rings. The van der Waals surface area contributed by atoms with Gasteiger partial charge in [-0.15, -0.1) is 0 Å². The zero-order valence-corrected chi connectivity index (χ0v) is 12.2. The molecule has 2 heterocycles. The highest BCUT2D eigenvalue weighted by molar-refractivity contribution is 5.91. The molecule has 2 aromatic rings. The van der Waals surface area contributed by atoms with Crippen molar-refractivity contribution in [3.05, 3.63) is 29.7 Å². The highest BCUT2D eigenvalue weighted by Gasteiger charge is 2.58. The molecule has 5 nitrogen and oxygen atoms in total. The zero-order valence-electron chi connectivity index (χ0n) is 12.2. The summed E-state index contributed by atoms with van der Waals surface area (Å²) in [6.07, 6.45) is 7.22. The first-order chi connectivity index (χ1) is 9.97. The van der Waals surface area contributed by atoms with E-state index in [1.165, 1.54) is 19.3 Å². The van der Waals surface area contributed by atoms with E-state index in [9.17, 15) is 9.90 Å². The number of carboxylic acids is 1. The summed E-state index contributed by atoms with van der Waals surface area (Å²) in [4.78, 5) is 16.1. The Bertz CT molecular complexity index is 730. The summed E-state index contributed by atoms with van der Waals surface area (Å²) < 4.78 is 7.44. The van der Waals surface area contributed by atoms with Crippen molar-refractivity contribution >= 4 is 11.6 Å². The molecule has 3 aliphatic rings. The predicted octanol–water partition coefficient (Wildman–Crippen LogP) is 2.87. The summed E-state index contributed by atoms with van der Waals surface area (Å²) >= 11 is 0. The maximum absolute atomic E-state index is 11.4. The topological polar surface area (TPSA) is 63.8 Å². The number of imidazole rings is 1. The Kier molecular flexibility index (Phi) is 2.41. The molecular weight excluding hydrogens is 268 g/mol. The first-order valence-electron chi connectivity index (χ1n) is 7.40. The van der Waals surface area contributed by atoms with Gasteiger partial charge in [-0.2, -0.15) is 0 Å².